The van der Waals surface area contributed by atoms with Crippen LogP contribution < -0.4 is 10.6 Å². The van der Waals surface area contributed by atoms with Crippen LogP contribution >= 0.6 is 0 Å². The van der Waals surface area contributed by atoms with Crippen molar-refractivity contribution >= 4 is 5.91 Å². The Labute approximate surface area is 119 Å². The summed E-state index contributed by atoms with van der Waals surface area (Å²) in [5.74, 6) is 0.0964. The zero-order valence-corrected chi connectivity index (χ0v) is 11.3. The van der Waals surface area contributed by atoms with Crippen molar-refractivity contribution in [1.82, 2.24) is 10.6 Å². The van der Waals surface area contributed by atoms with Crippen LogP contribution in [-0.4, -0.2) is 25.0 Å². The van der Waals surface area contributed by atoms with Crippen molar-refractivity contribution < 1.29 is 4.79 Å². The summed E-state index contributed by atoms with van der Waals surface area (Å²) in [7, 11) is 0. The van der Waals surface area contributed by atoms with Crippen LogP contribution in [-0.2, 0) is 11.2 Å². The van der Waals surface area contributed by atoms with Crippen molar-refractivity contribution in [2.45, 2.75) is 12.5 Å². The lowest BCUT2D eigenvalue weighted by Gasteiger charge is -2.24. The van der Waals surface area contributed by atoms with Gasteiger partial charge in [0.2, 0.25) is 5.91 Å². The minimum absolute atomic E-state index is 0.0964. The smallest absolute Gasteiger partial charge is 0.237 e. The van der Waals surface area contributed by atoms with Gasteiger partial charge in [-0.05, 0) is 23.1 Å². The first-order chi connectivity index (χ1) is 9.84. The van der Waals surface area contributed by atoms with Gasteiger partial charge in [0, 0.05) is 13.1 Å². The molecule has 3 heteroatoms. The van der Waals surface area contributed by atoms with E-state index in [0.717, 1.165) is 19.5 Å². The van der Waals surface area contributed by atoms with Gasteiger partial charge in [0.25, 0.3) is 0 Å². The number of carbonyl (C=O) groups excluding carboxylic acids is 1. The summed E-state index contributed by atoms with van der Waals surface area (Å²) < 4.78 is 0. The molecule has 1 saturated heterocycles. The molecule has 1 aliphatic rings. The van der Waals surface area contributed by atoms with Crippen molar-refractivity contribution in [1.29, 1.82) is 0 Å². The van der Waals surface area contributed by atoms with Gasteiger partial charge in [0.1, 0.15) is 0 Å². The number of carbonyl (C=O) groups is 1. The number of hydrogen-bond donors (Lipinski definition) is 2. The molecule has 20 heavy (non-hydrogen) atoms. The molecule has 1 fully saturated rings. The average molecular weight is 266 g/mol. The Morgan fingerprint density at radius 1 is 0.950 bits per heavy atom. The normalized spacial score (nSPS) is 18.6. The molecule has 0 radical (unpaired) electrons. The summed E-state index contributed by atoms with van der Waals surface area (Å²) in [6, 6.07) is 18.5. The fourth-order valence-electron chi connectivity index (χ4n) is 2.63. The Hall–Kier alpha value is -2.13. The van der Waals surface area contributed by atoms with Crippen LogP contribution in [0.1, 0.15) is 5.56 Å². The number of nitrogens with one attached hydrogen (secondary N) is 2. The zero-order chi connectivity index (χ0) is 13.8. The van der Waals surface area contributed by atoms with E-state index in [1.54, 1.807) is 0 Å². The summed E-state index contributed by atoms with van der Waals surface area (Å²) in [6.07, 6.45) is 0.719. The summed E-state index contributed by atoms with van der Waals surface area (Å²) >= 11 is 0. The van der Waals surface area contributed by atoms with E-state index in [2.05, 4.69) is 34.9 Å². The van der Waals surface area contributed by atoms with Crippen LogP contribution in [0.4, 0.5) is 0 Å². The quantitative estimate of drug-likeness (QED) is 0.892. The highest BCUT2D eigenvalue weighted by molar-refractivity contribution is 5.83. The van der Waals surface area contributed by atoms with Crippen LogP contribution in [0, 0.1) is 0 Å². The molecule has 0 aliphatic carbocycles. The first kappa shape index (κ1) is 12.9. The summed E-state index contributed by atoms with van der Waals surface area (Å²) in [4.78, 5) is 11.9. The van der Waals surface area contributed by atoms with Crippen molar-refractivity contribution in [3.05, 3.63) is 60.2 Å². The predicted molar refractivity (Wildman–Crippen MR) is 80.4 cm³/mol. The minimum atomic E-state index is -0.131. The second-order valence-corrected chi connectivity index (χ2v) is 5.03. The number of hydrogen-bond acceptors (Lipinski definition) is 2. The van der Waals surface area contributed by atoms with Gasteiger partial charge in [-0.25, -0.2) is 0 Å². The van der Waals surface area contributed by atoms with E-state index < -0.39 is 0 Å². The van der Waals surface area contributed by atoms with E-state index in [-0.39, 0.29) is 11.9 Å². The highest BCUT2D eigenvalue weighted by Crippen LogP contribution is 2.24. The second-order valence-electron chi connectivity index (χ2n) is 5.03. The predicted octanol–water partition coefficient (Wildman–Crippen LogP) is 1.98. The molecule has 1 aliphatic heterocycles. The topological polar surface area (TPSA) is 41.1 Å². The summed E-state index contributed by atoms with van der Waals surface area (Å²) in [5.41, 5.74) is 3.60. The molecule has 0 saturated carbocycles. The summed E-state index contributed by atoms with van der Waals surface area (Å²) in [5, 5.41) is 6.19. The van der Waals surface area contributed by atoms with E-state index in [1.807, 2.05) is 30.3 Å². The number of piperazine rings is 1. The van der Waals surface area contributed by atoms with Gasteiger partial charge in [-0.15, -0.1) is 0 Å². The molecule has 1 amide bonds. The van der Waals surface area contributed by atoms with Gasteiger partial charge >= 0.3 is 0 Å². The molecular weight excluding hydrogens is 248 g/mol. The second kappa shape index (κ2) is 5.88. The molecule has 2 aromatic rings. The van der Waals surface area contributed by atoms with Crippen molar-refractivity contribution in [2.24, 2.45) is 0 Å². The maximum Gasteiger partial charge on any atom is 0.237 e. The van der Waals surface area contributed by atoms with Crippen LogP contribution in [0.15, 0.2) is 54.6 Å². The van der Waals surface area contributed by atoms with E-state index in [9.17, 15) is 4.79 Å². The Kier molecular flexibility index (Phi) is 3.79. The fraction of sp³-hybridized carbons (Fsp3) is 0.235. The van der Waals surface area contributed by atoms with Gasteiger partial charge in [0.15, 0.2) is 0 Å². The Bertz CT molecular complexity index is 595. The van der Waals surface area contributed by atoms with Crippen LogP contribution in [0.3, 0.4) is 0 Å². The van der Waals surface area contributed by atoms with Crippen molar-refractivity contribution in [3.63, 3.8) is 0 Å². The molecule has 3 rings (SSSR count). The standard InChI is InChI=1S/C17H18N2O/c20-17-16(18-10-11-19-17)12-14-8-4-5-9-15(14)13-6-2-1-3-7-13/h1-9,16,18H,10-12H2,(H,19,20)/t16-/m0/s1. The third kappa shape index (κ3) is 2.73. The fourth-order valence-corrected chi connectivity index (χ4v) is 2.63. The van der Waals surface area contributed by atoms with Crippen molar-refractivity contribution in [3.8, 4) is 11.1 Å². The molecule has 3 nitrogen and oxygen atoms in total. The Balaban J connectivity index is 1.88. The minimum Gasteiger partial charge on any atom is -0.353 e. The van der Waals surface area contributed by atoms with Gasteiger partial charge in [0.05, 0.1) is 6.04 Å². The highest BCUT2D eigenvalue weighted by atomic mass is 16.2. The molecule has 0 spiro atoms. The van der Waals surface area contributed by atoms with Crippen LogP contribution in [0.5, 0.6) is 0 Å². The van der Waals surface area contributed by atoms with E-state index in [1.165, 1.54) is 16.7 Å². The number of benzene rings is 2. The molecule has 1 atom stereocenters. The third-order valence-electron chi connectivity index (χ3n) is 3.66. The van der Waals surface area contributed by atoms with E-state index >= 15 is 0 Å². The zero-order valence-electron chi connectivity index (χ0n) is 11.3. The lowest BCUT2D eigenvalue weighted by molar-refractivity contribution is -0.124. The van der Waals surface area contributed by atoms with Crippen LogP contribution in [0.25, 0.3) is 11.1 Å². The molecule has 0 unspecified atom stereocenters. The first-order valence-corrected chi connectivity index (χ1v) is 6.99. The maximum atomic E-state index is 11.9. The van der Waals surface area contributed by atoms with E-state index in [4.69, 9.17) is 0 Å². The Morgan fingerprint density at radius 2 is 1.70 bits per heavy atom. The van der Waals surface area contributed by atoms with Gasteiger partial charge in [-0.2, -0.15) is 0 Å². The lowest BCUT2D eigenvalue weighted by Crippen LogP contribution is -2.53. The largest absolute Gasteiger partial charge is 0.353 e. The highest BCUT2D eigenvalue weighted by Gasteiger charge is 2.22. The van der Waals surface area contributed by atoms with E-state index in [0.29, 0.717) is 0 Å². The van der Waals surface area contributed by atoms with Crippen molar-refractivity contribution in [2.75, 3.05) is 13.1 Å². The summed E-state index contributed by atoms with van der Waals surface area (Å²) in [6.45, 7) is 1.56. The van der Waals surface area contributed by atoms with Gasteiger partial charge in [-0.1, -0.05) is 54.6 Å². The number of rotatable bonds is 3. The molecule has 102 valence electrons. The molecule has 2 aromatic carbocycles. The average Bonchev–Trinajstić information content (AvgIpc) is 2.51. The monoisotopic (exact) mass is 266 g/mol. The molecule has 0 bridgehead atoms. The molecular formula is C17H18N2O. The number of amides is 1. The third-order valence-corrected chi connectivity index (χ3v) is 3.66. The molecule has 2 N–H and O–H groups in total. The lowest BCUT2D eigenvalue weighted by atomic mass is 9.94. The molecule has 1 heterocycles. The van der Waals surface area contributed by atoms with Crippen LogP contribution in [0.2, 0.25) is 0 Å². The maximum absolute atomic E-state index is 11.9. The Morgan fingerprint density at radius 3 is 2.50 bits per heavy atom. The first-order valence-electron chi connectivity index (χ1n) is 6.99. The van der Waals surface area contributed by atoms with Gasteiger partial charge in [-0.3, -0.25) is 4.79 Å². The SMILES string of the molecule is O=C1NCCN[C@H]1Cc1ccccc1-c1ccccc1. The van der Waals surface area contributed by atoms with Gasteiger partial charge < -0.3 is 10.6 Å². The molecule has 0 aromatic heterocycles.